The molecule has 0 fully saturated rings. The summed E-state index contributed by atoms with van der Waals surface area (Å²) in [5.74, 6) is 0.724. The van der Waals surface area contributed by atoms with Crippen molar-refractivity contribution in [1.82, 2.24) is 0 Å². The van der Waals surface area contributed by atoms with Crippen molar-refractivity contribution in [3.05, 3.63) is 34.9 Å². The summed E-state index contributed by atoms with van der Waals surface area (Å²) in [6.45, 7) is 4.59. The number of hydrogen-bond acceptors (Lipinski definition) is 0. The molecule has 1 aliphatic carbocycles. The fraction of sp³-hybridized carbons (Fsp3) is 0.571. The van der Waals surface area contributed by atoms with Crippen LogP contribution in [-0.4, -0.2) is 0 Å². The maximum absolute atomic E-state index is 2.45. The van der Waals surface area contributed by atoms with Crippen molar-refractivity contribution in [3.63, 3.8) is 0 Å². The van der Waals surface area contributed by atoms with E-state index in [1.54, 1.807) is 11.1 Å². The zero-order chi connectivity index (χ0) is 9.97. The van der Waals surface area contributed by atoms with E-state index in [0.29, 0.717) is 0 Å². The number of aryl methyl sites for hydroxylation is 2. The van der Waals surface area contributed by atoms with E-state index >= 15 is 0 Å². The molecule has 0 saturated heterocycles. The Balaban J connectivity index is 2.29. The lowest BCUT2D eigenvalue weighted by Gasteiger charge is -2.18. The molecular formula is C14H20. The van der Waals surface area contributed by atoms with Gasteiger partial charge in [0.1, 0.15) is 0 Å². The van der Waals surface area contributed by atoms with E-state index in [9.17, 15) is 0 Å². The highest BCUT2D eigenvalue weighted by Crippen LogP contribution is 2.26. The van der Waals surface area contributed by atoms with Crippen LogP contribution in [-0.2, 0) is 12.8 Å². The first kappa shape index (κ1) is 9.76. The molecule has 1 unspecified atom stereocenters. The molecule has 0 spiro atoms. The Hall–Kier alpha value is -0.780. The molecule has 1 atom stereocenters. The monoisotopic (exact) mass is 188 g/mol. The number of hydrogen-bond donors (Lipinski definition) is 0. The first-order valence-electron chi connectivity index (χ1n) is 5.93. The van der Waals surface area contributed by atoms with Crippen LogP contribution >= 0.6 is 0 Å². The SMILES string of the molecule is CCC(C)c1ccc2c(c1)CCCC2. The van der Waals surface area contributed by atoms with Crippen molar-refractivity contribution in [3.8, 4) is 0 Å². The van der Waals surface area contributed by atoms with Gasteiger partial charge in [-0.3, -0.25) is 0 Å². The van der Waals surface area contributed by atoms with E-state index in [0.717, 1.165) is 5.92 Å². The van der Waals surface area contributed by atoms with Crippen LogP contribution in [0.15, 0.2) is 18.2 Å². The third-order valence-corrected chi connectivity index (χ3v) is 3.55. The van der Waals surface area contributed by atoms with Gasteiger partial charge in [-0.15, -0.1) is 0 Å². The summed E-state index contributed by atoms with van der Waals surface area (Å²) in [4.78, 5) is 0. The highest BCUT2D eigenvalue weighted by atomic mass is 14.2. The lowest BCUT2D eigenvalue weighted by Crippen LogP contribution is -2.04. The first-order chi connectivity index (χ1) is 6.81. The van der Waals surface area contributed by atoms with Crippen LogP contribution in [0.2, 0.25) is 0 Å². The molecule has 0 N–H and O–H groups in total. The molecule has 2 rings (SSSR count). The second-order valence-corrected chi connectivity index (χ2v) is 4.54. The molecule has 0 aromatic heterocycles. The minimum absolute atomic E-state index is 0.724. The average molecular weight is 188 g/mol. The third-order valence-electron chi connectivity index (χ3n) is 3.55. The summed E-state index contributed by atoms with van der Waals surface area (Å²) in [6, 6.07) is 7.14. The summed E-state index contributed by atoms with van der Waals surface area (Å²) in [5.41, 5.74) is 4.76. The van der Waals surface area contributed by atoms with Gasteiger partial charge in [-0.25, -0.2) is 0 Å². The van der Waals surface area contributed by atoms with Crippen molar-refractivity contribution in [2.75, 3.05) is 0 Å². The minimum atomic E-state index is 0.724. The second kappa shape index (κ2) is 4.16. The molecule has 0 radical (unpaired) electrons. The number of benzene rings is 1. The van der Waals surface area contributed by atoms with Crippen LogP contribution in [0.5, 0.6) is 0 Å². The summed E-state index contributed by atoms with van der Waals surface area (Å²) < 4.78 is 0. The van der Waals surface area contributed by atoms with Crippen LogP contribution in [0.25, 0.3) is 0 Å². The van der Waals surface area contributed by atoms with Crippen LogP contribution < -0.4 is 0 Å². The minimum Gasteiger partial charge on any atom is -0.0648 e. The van der Waals surface area contributed by atoms with E-state index in [1.807, 2.05) is 0 Å². The van der Waals surface area contributed by atoms with Crippen LogP contribution in [0, 0.1) is 0 Å². The van der Waals surface area contributed by atoms with Gasteiger partial charge < -0.3 is 0 Å². The Labute approximate surface area is 87.3 Å². The molecule has 1 aliphatic rings. The Bertz CT molecular complexity index is 312. The zero-order valence-corrected chi connectivity index (χ0v) is 9.34. The largest absolute Gasteiger partial charge is 0.0648 e. The van der Waals surface area contributed by atoms with Crippen molar-refractivity contribution < 1.29 is 0 Å². The standard InChI is InChI=1S/C14H20/c1-3-11(2)13-9-8-12-6-4-5-7-14(12)10-13/h8-11H,3-7H2,1-2H3. The van der Waals surface area contributed by atoms with E-state index in [1.165, 1.54) is 37.7 Å². The normalized spacial score (nSPS) is 17.6. The van der Waals surface area contributed by atoms with E-state index in [2.05, 4.69) is 32.0 Å². The van der Waals surface area contributed by atoms with Crippen LogP contribution in [0.1, 0.15) is 55.7 Å². The highest BCUT2D eigenvalue weighted by Gasteiger charge is 2.11. The summed E-state index contributed by atoms with van der Waals surface area (Å²) in [6.07, 6.45) is 6.63. The van der Waals surface area contributed by atoms with E-state index in [-0.39, 0.29) is 0 Å². The molecule has 1 aromatic rings. The molecule has 0 heterocycles. The molecule has 76 valence electrons. The molecule has 0 saturated carbocycles. The molecule has 14 heavy (non-hydrogen) atoms. The maximum Gasteiger partial charge on any atom is -0.0193 e. The van der Waals surface area contributed by atoms with E-state index in [4.69, 9.17) is 0 Å². The summed E-state index contributed by atoms with van der Waals surface area (Å²) in [7, 11) is 0. The molecule has 0 nitrogen and oxygen atoms in total. The van der Waals surface area contributed by atoms with Crippen molar-refractivity contribution >= 4 is 0 Å². The topological polar surface area (TPSA) is 0 Å². The van der Waals surface area contributed by atoms with Gasteiger partial charge in [-0.2, -0.15) is 0 Å². The van der Waals surface area contributed by atoms with Gasteiger partial charge in [0.05, 0.1) is 0 Å². The highest BCUT2D eigenvalue weighted by molar-refractivity contribution is 5.35. The fourth-order valence-electron chi connectivity index (χ4n) is 2.30. The van der Waals surface area contributed by atoms with Crippen molar-refractivity contribution in [2.45, 2.75) is 51.9 Å². The lowest BCUT2D eigenvalue weighted by molar-refractivity contribution is 0.677. The van der Waals surface area contributed by atoms with Crippen molar-refractivity contribution in [1.29, 1.82) is 0 Å². The van der Waals surface area contributed by atoms with Gasteiger partial charge in [0.15, 0.2) is 0 Å². The molecular weight excluding hydrogens is 168 g/mol. The lowest BCUT2D eigenvalue weighted by atomic mass is 9.87. The summed E-state index contributed by atoms with van der Waals surface area (Å²) >= 11 is 0. The van der Waals surface area contributed by atoms with Gasteiger partial charge >= 0.3 is 0 Å². The first-order valence-corrected chi connectivity index (χ1v) is 5.93. The fourth-order valence-corrected chi connectivity index (χ4v) is 2.30. The second-order valence-electron chi connectivity index (χ2n) is 4.54. The number of rotatable bonds is 2. The Morgan fingerprint density at radius 2 is 1.86 bits per heavy atom. The van der Waals surface area contributed by atoms with Gasteiger partial charge in [0, 0.05) is 0 Å². The number of fused-ring (bicyclic) bond motifs is 1. The smallest absolute Gasteiger partial charge is 0.0193 e. The summed E-state index contributed by atoms with van der Waals surface area (Å²) in [5, 5.41) is 0. The van der Waals surface area contributed by atoms with E-state index < -0.39 is 0 Å². The van der Waals surface area contributed by atoms with Gasteiger partial charge in [-0.1, -0.05) is 32.0 Å². The molecule has 0 aliphatic heterocycles. The predicted molar refractivity (Wildman–Crippen MR) is 61.8 cm³/mol. The Morgan fingerprint density at radius 3 is 2.57 bits per heavy atom. The Morgan fingerprint density at radius 1 is 1.14 bits per heavy atom. The molecule has 0 heteroatoms. The molecule has 1 aromatic carbocycles. The van der Waals surface area contributed by atoms with Gasteiger partial charge in [-0.05, 0) is 54.7 Å². The molecule has 0 bridgehead atoms. The molecule has 0 amide bonds. The zero-order valence-electron chi connectivity index (χ0n) is 9.34. The van der Waals surface area contributed by atoms with Crippen molar-refractivity contribution in [2.24, 2.45) is 0 Å². The maximum atomic E-state index is 2.45. The van der Waals surface area contributed by atoms with Crippen LogP contribution in [0.4, 0.5) is 0 Å². The Kier molecular flexibility index (Phi) is 2.90. The van der Waals surface area contributed by atoms with Gasteiger partial charge in [0.25, 0.3) is 0 Å². The average Bonchev–Trinajstić information content (AvgIpc) is 2.27. The predicted octanol–water partition coefficient (Wildman–Crippen LogP) is 4.08. The van der Waals surface area contributed by atoms with Crippen LogP contribution in [0.3, 0.4) is 0 Å². The third kappa shape index (κ3) is 1.84. The quantitative estimate of drug-likeness (QED) is 0.656. The van der Waals surface area contributed by atoms with Gasteiger partial charge in [0.2, 0.25) is 0 Å².